The summed E-state index contributed by atoms with van der Waals surface area (Å²) >= 11 is 0. The van der Waals surface area contributed by atoms with Gasteiger partial charge in [-0.05, 0) is 36.1 Å². The number of ether oxygens (including phenoxy) is 1. The van der Waals surface area contributed by atoms with Crippen molar-refractivity contribution in [3.8, 4) is 5.88 Å². The molecule has 0 atom stereocenters. The van der Waals surface area contributed by atoms with Crippen molar-refractivity contribution in [2.45, 2.75) is 26.9 Å². The van der Waals surface area contributed by atoms with Crippen molar-refractivity contribution in [2.24, 2.45) is 0 Å². The quantitative estimate of drug-likeness (QED) is 0.893. The second kappa shape index (κ2) is 6.34. The van der Waals surface area contributed by atoms with Gasteiger partial charge in [0.05, 0.1) is 7.11 Å². The lowest BCUT2D eigenvalue weighted by atomic mass is 10.0. The lowest BCUT2D eigenvalue weighted by molar-refractivity contribution is 0.397. The Morgan fingerprint density at radius 1 is 1.05 bits per heavy atom. The highest BCUT2D eigenvalue weighted by Gasteiger charge is 2.02. The number of hydrogen-bond donors (Lipinski definition) is 1. The summed E-state index contributed by atoms with van der Waals surface area (Å²) < 4.78 is 5.04. The first-order valence-corrected chi connectivity index (χ1v) is 6.45. The van der Waals surface area contributed by atoms with Crippen molar-refractivity contribution in [3.63, 3.8) is 0 Å². The fourth-order valence-corrected chi connectivity index (χ4v) is 2.10. The van der Waals surface area contributed by atoms with Crippen LogP contribution < -0.4 is 10.1 Å². The van der Waals surface area contributed by atoms with Gasteiger partial charge in [0.25, 0.3) is 0 Å². The van der Waals surface area contributed by atoms with E-state index in [1.54, 1.807) is 7.11 Å². The Labute approximate surface area is 114 Å². The van der Waals surface area contributed by atoms with E-state index < -0.39 is 0 Å². The molecule has 0 spiro atoms. The highest BCUT2D eigenvalue weighted by atomic mass is 16.5. The van der Waals surface area contributed by atoms with Gasteiger partial charge in [-0.3, -0.25) is 0 Å². The summed E-state index contributed by atoms with van der Waals surface area (Å²) in [5.41, 5.74) is 5.21. The molecule has 0 radical (unpaired) electrons. The standard InChI is InChI=1S/C16H20N2O/c1-12-5-4-6-13(2)15(12)11-17-9-14-7-8-16(19-3)18-10-14/h4-8,10,17H,9,11H2,1-3H3. The number of hydrogen-bond acceptors (Lipinski definition) is 3. The molecular weight excluding hydrogens is 236 g/mol. The van der Waals surface area contributed by atoms with Crippen LogP contribution in [0.1, 0.15) is 22.3 Å². The first-order chi connectivity index (χ1) is 9.20. The smallest absolute Gasteiger partial charge is 0.212 e. The van der Waals surface area contributed by atoms with Crippen LogP contribution >= 0.6 is 0 Å². The topological polar surface area (TPSA) is 34.1 Å². The summed E-state index contributed by atoms with van der Waals surface area (Å²) in [5.74, 6) is 0.651. The normalized spacial score (nSPS) is 10.5. The van der Waals surface area contributed by atoms with Crippen LogP contribution in [0.2, 0.25) is 0 Å². The van der Waals surface area contributed by atoms with Gasteiger partial charge in [0, 0.05) is 25.4 Å². The molecule has 1 N–H and O–H groups in total. The minimum atomic E-state index is 0.651. The second-order valence-corrected chi connectivity index (χ2v) is 4.68. The average molecular weight is 256 g/mol. The molecule has 0 bridgehead atoms. The summed E-state index contributed by atoms with van der Waals surface area (Å²) in [7, 11) is 1.63. The number of aryl methyl sites for hydroxylation is 2. The van der Waals surface area contributed by atoms with E-state index in [9.17, 15) is 0 Å². The molecule has 19 heavy (non-hydrogen) atoms. The minimum Gasteiger partial charge on any atom is -0.481 e. The Balaban J connectivity index is 1.92. The van der Waals surface area contributed by atoms with Crippen molar-refractivity contribution in [1.82, 2.24) is 10.3 Å². The fourth-order valence-electron chi connectivity index (χ4n) is 2.10. The van der Waals surface area contributed by atoms with Gasteiger partial charge in [0.1, 0.15) is 0 Å². The molecule has 0 saturated heterocycles. The van der Waals surface area contributed by atoms with Gasteiger partial charge < -0.3 is 10.1 Å². The predicted octanol–water partition coefficient (Wildman–Crippen LogP) is 3.00. The Hall–Kier alpha value is -1.87. The van der Waals surface area contributed by atoms with Crippen LogP contribution in [0.3, 0.4) is 0 Å². The van der Waals surface area contributed by atoms with Crippen molar-refractivity contribution in [3.05, 3.63) is 58.8 Å². The molecule has 0 unspecified atom stereocenters. The van der Waals surface area contributed by atoms with Crippen molar-refractivity contribution in [2.75, 3.05) is 7.11 Å². The molecule has 0 fully saturated rings. The highest BCUT2D eigenvalue weighted by molar-refractivity contribution is 5.33. The van der Waals surface area contributed by atoms with Gasteiger partial charge in [-0.1, -0.05) is 24.3 Å². The Bertz CT molecular complexity index is 515. The van der Waals surface area contributed by atoms with Crippen LogP contribution in [-0.2, 0) is 13.1 Å². The molecule has 3 nitrogen and oxygen atoms in total. The largest absolute Gasteiger partial charge is 0.481 e. The molecule has 0 saturated carbocycles. The SMILES string of the molecule is COc1ccc(CNCc2c(C)cccc2C)cn1. The first kappa shape index (κ1) is 13.6. The Kier molecular flexibility index (Phi) is 4.53. The van der Waals surface area contributed by atoms with E-state index in [-0.39, 0.29) is 0 Å². The number of methoxy groups -OCH3 is 1. The summed E-state index contributed by atoms with van der Waals surface area (Å²) in [4.78, 5) is 4.20. The van der Waals surface area contributed by atoms with Crippen LogP contribution in [0, 0.1) is 13.8 Å². The van der Waals surface area contributed by atoms with Gasteiger partial charge in [-0.2, -0.15) is 0 Å². The van der Waals surface area contributed by atoms with Crippen molar-refractivity contribution < 1.29 is 4.74 Å². The lowest BCUT2D eigenvalue weighted by Crippen LogP contribution is -2.14. The molecule has 0 aliphatic heterocycles. The molecular formula is C16H20N2O. The average Bonchev–Trinajstić information content (AvgIpc) is 2.43. The zero-order chi connectivity index (χ0) is 13.7. The van der Waals surface area contributed by atoms with Crippen LogP contribution in [0.4, 0.5) is 0 Å². The number of pyridine rings is 1. The molecule has 2 aromatic rings. The summed E-state index contributed by atoms with van der Waals surface area (Å²) in [5, 5.41) is 3.46. The van der Waals surface area contributed by atoms with Gasteiger partial charge >= 0.3 is 0 Å². The molecule has 0 amide bonds. The summed E-state index contributed by atoms with van der Waals surface area (Å²) in [6.45, 7) is 5.99. The first-order valence-electron chi connectivity index (χ1n) is 6.45. The number of nitrogens with zero attached hydrogens (tertiary/aromatic N) is 1. The summed E-state index contributed by atoms with van der Waals surface area (Å²) in [6.07, 6.45) is 1.84. The monoisotopic (exact) mass is 256 g/mol. The van der Waals surface area contributed by atoms with E-state index in [1.165, 1.54) is 16.7 Å². The van der Waals surface area contributed by atoms with Crippen LogP contribution in [0.15, 0.2) is 36.5 Å². The number of aromatic nitrogens is 1. The maximum Gasteiger partial charge on any atom is 0.212 e. The van der Waals surface area contributed by atoms with E-state index >= 15 is 0 Å². The predicted molar refractivity (Wildman–Crippen MR) is 77.2 cm³/mol. The second-order valence-electron chi connectivity index (χ2n) is 4.68. The van der Waals surface area contributed by atoms with Gasteiger partial charge in [-0.25, -0.2) is 4.98 Å². The molecule has 1 heterocycles. The summed E-state index contributed by atoms with van der Waals surface area (Å²) in [6, 6.07) is 10.3. The third kappa shape index (κ3) is 3.55. The Morgan fingerprint density at radius 3 is 2.37 bits per heavy atom. The molecule has 0 aliphatic rings. The van der Waals surface area contributed by atoms with E-state index in [0.717, 1.165) is 18.7 Å². The zero-order valence-electron chi connectivity index (χ0n) is 11.7. The van der Waals surface area contributed by atoms with Crippen molar-refractivity contribution >= 4 is 0 Å². The minimum absolute atomic E-state index is 0.651. The maximum atomic E-state index is 5.04. The molecule has 1 aromatic carbocycles. The molecule has 0 aliphatic carbocycles. The Morgan fingerprint density at radius 2 is 1.79 bits per heavy atom. The van der Waals surface area contributed by atoms with E-state index in [4.69, 9.17) is 4.74 Å². The molecule has 1 aromatic heterocycles. The van der Waals surface area contributed by atoms with Crippen LogP contribution in [0.25, 0.3) is 0 Å². The number of nitrogens with one attached hydrogen (secondary N) is 1. The molecule has 3 heteroatoms. The van der Waals surface area contributed by atoms with Gasteiger partial charge in [0.15, 0.2) is 0 Å². The van der Waals surface area contributed by atoms with Gasteiger partial charge in [0.2, 0.25) is 5.88 Å². The van der Waals surface area contributed by atoms with Gasteiger partial charge in [-0.15, -0.1) is 0 Å². The maximum absolute atomic E-state index is 5.04. The molecule has 100 valence electrons. The lowest BCUT2D eigenvalue weighted by Gasteiger charge is -2.11. The number of rotatable bonds is 5. The number of benzene rings is 1. The zero-order valence-corrected chi connectivity index (χ0v) is 11.7. The third-order valence-corrected chi connectivity index (χ3v) is 3.28. The van der Waals surface area contributed by atoms with Crippen molar-refractivity contribution in [1.29, 1.82) is 0 Å². The van der Waals surface area contributed by atoms with E-state index in [0.29, 0.717) is 5.88 Å². The molecule has 2 rings (SSSR count). The van der Waals surface area contributed by atoms with Crippen LogP contribution in [-0.4, -0.2) is 12.1 Å². The fraction of sp³-hybridized carbons (Fsp3) is 0.312. The van der Waals surface area contributed by atoms with E-state index in [1.807, 2.05) is 18.3 Å². The van der Waals surface area contributed by atoms with Crippen LogP contribution in [0.5, 0.6) is 5.88 Å². The highest BCUT2D eigenvalue weighted by Crippen LogP contribution is 2.13. The third-order valence-electron chi connectivity index (χ3n) is 3.28. The van der Waals surface area contributed by atoms with E-state index in [2.05, 4.69) is 42.3 Å².